The molecule has 0 saturated carbocycles. The molecule has 1 rings (SSSR count). The Hall–Kier alpha value is -2.18. The molecule has 1 aromatic carbocycles. The first-order valence-electron chi connectivity index (χ1n) is 4.29. The van der Waals surface area contributed by atoms with Crippen molar-refractivity contribution >= 4 is 11.7 Å². The number of carboxylic acids is 1. The predicted octanol–water partition coefficient (Wildman–Crippen LogP) is 1.46. The van der Waals surface area contributed by atoms with Gasteiger partial charge in [-0.15, -0.1) is 0 Å². The summed E-state index contributed by atoms with van der Waals surface area (Å²) in [7, 11) is 0. The molecule has 0 bridgehead atoms. The third-order valence-corrected chi connectivity index (χ3v) is 1.94. The number of carbonyl (C=O) groups is 1. The molecule has 2 N–H and O–H groups in total. The van der Waals surface area contributed by atoms with Crippen LogP contribution in [0.2, 0.25) is 0 Å². The van der Waals surface area contributed by atoms with Gasteiger partial charge in [-0.2, -0.15) is 0 Å². The molecule has 0 spiro atoms. The smallest absolute Gasteiger partial charge is 0.313 e. The number of halogens is 1. The van der Waals surface area contributed by atoms with Gasteiger partial charge in [-0.05, 0) is 12.5 Å². The van der Waals surface area contributed by atoms with Crippen molar-refractivity contribution < 1.29 is 24.3 Å². The fourth-order valence-electron chi connectivity index (χ4n) is 1.21. The second-order valence-corrected chi connectivity index (χ2v) is 3.08. The van der Waals surface area contributed by atoms with E-state index in [1.165, 1.54) is 0 Å². The number of benzene rings is 1. The van der Waals surface area contributed by atoms with Crippen LogP contribution in [0, 0.1) is 15.9 Å². The molecule has 0 aliphatic rings. The van der Waals surface area contributed by atoms with E-state index in [9.17, 15) is 24.4 Å². The number of hydrogen-bond acceptors (Lipinski definition) is 4. The number of nitrogens with zero attached hydrogens (tertiary/aromatic N) is 1. The first kappa shape index (κ1) is 11.9. The zero-order valence-electron chi connectivity index (χ0n) is 8.01. The van der Waals surface area contributed by atoms with E-state index in [-0.39, 0.29) is 18.4 Å². The van der Waals surface area contributed by atoms with Gasteiger partial charge in [0.2, 0.25) is 0 Å². The maximum absolute atomic E-state index is 12.9. The van der Waals surface area contributed by atoms with Crippen LogP contribution in [0.1, 0.15) is 12.0 Å². The molecule has 0 unspecified atom stereocenters. The number of rotatable bonds is 4. The minimum atomic E-state index is -1.13. The first-order chi connectivity index (χ1) is 7.41. The molecule has 0 saturated heterocycles. The van der Waals surface area contributed by atoms with Crippen molar-refractivity contribution in [1.29, 1.82) is 0 Å². The average molecular weight is 229 g/mol. The number of carboxylic acid groups (broad SMARTS) is 1. The fraction of sp³-hybridized carbons (Fsp3) is 0.222. The van der Waals surface area contributed by atoms with E-state index >= 15 is 0 Å². The summed E-state index contributed by atoms with van der Waals surface area (Å²) < 4.78 is 12.9. The number of phenols is 1. The third kappa shape index (κ3) is 2.66. The van der Waals surface area contributed by atoms with Gasteiger partial charge in [0.1, 0.15) is 5.82 Å². The fourth-order valence-corrected chi connectivity index (χ4v) is 1.21. The van der Waals surface area contributed by atoms with Crippen molar-refractivity contribution in [3.8, 4) is 5.75 Å². The molecule has 0 atom stereocenters. The molecule has 7 heteroatoms. The van der Waals surface area contributed by atoms with Crippen LogP contribution in [-0.4, -0.2) is 21.1 Å². The van der Waals surface area contributed by atoms with Gasteiger partial charge in [0, 0.05) is 12.0 Å². The molecule has 1 aromatic rings. The molecule has 0 amide bonds. The maximum atomic E-state index is 12.9. The quantitative estimate of drug-likeness (QED) is 0.601. The number of nitro benzene ring substituents is 1. The third-order valence-electron chi connectivity index (χ3n) is 1.94. The molecule has 16 heavy (non-hydrogen) atoms. The zero-order chi connectivity index (χ0) is 12.3. The number of aromatic hydroxyl groups is 1. The van der Waals surface area contributed by atoms with Crippen LogP contribution in [0.5, 0.6) is 5.75 Å². The van der Waals surface area contributed by atoms with Crippen LogP contribution in [0.3, 0.4) is 0 Å². The van der Waals surface area contributed by atoms with Crippen LogP contribution in [-0.2, 0) is 11.2 Å². The number of phenolic OH excluding ortho intramolecular Hbond substituents is 1. The minimum Gasteiger partial charge on any atom is -0.502 e. The second-order valence-electron chi connectivity index (χ2n) is 3.08. The van der Waals surface area contributed by atoms with E-state index in [1.807, 2.05) is 0 Å². The van der Waals surface area contributed by atoms with Gasteiger partial charge in [-0.3, -0.25) is 14.9 Å². The highest BCUT2D eigenvalue weighted by Crippen LogP contribution is 2.31. The summed E-state index contributed by atoms with van der Waals surface area (Å²) in [6.07, 6.45) is -0.506. The monoisotopic (exact) mass is 229 g/mol. The van der Waals surface area contributed by atoms with Crippen molar-refractivity contribution in [1.82, 2.24) is 0 Å². The van der Waals surface area contributed by atoms with E-state index in [1.54, 1.807) is 0 Å². The summed E-state index contributed by atoms with van der Waals surface area (Å²) in [6.45, 7) is 0. The lowest BCUT2D eigenvalue weighted by Crippen LogP contribution is -2.00. The molecule has 6 nitrogen and oxygen atoms in total. The summed E-state index contributed by atoms with van der Waals surface area (Å²) in [5.74, 6) is -2.70. The molecule has 86 valence electrons. The Balaban J connectivity index is 3.09. The number of aryl methyl sites for hydroxylation is 1. The molecule has 0 heterocycles. The Morgan fingerprint density at radius 1 is 1.50 bits per heavy atom. The summed E-state index contributed by atoms with van der Waals surface area (Å²) in [5, 5.41) is 28.2. The number of hydrogen-bond donors (Lipinski definition) is 2. The van der Waals surface area contributed by atoms with E-state index in [0.29, 0.717) is 6.07 Å². The Morgan fingerprint density at radius 2 is 2.12 bits per heavy atom. The minimum absolute atomic E-state index is 0.0888. The lowest BCUT2D eigenvalue weighted by atomic mass is 10.1. The summed E-state index contributed by atoms with van der Waals surface area (Å²) in [5.41, 5.74) is -0.852. The SMILES string of the molecule is O=C(O)CCc1cc(F)cc([N+](=O)[O-])c1O. The van der Waals surface area contributed by atoms with Crippen LogP contribution >= 0.6 is 0 Å². The Kier molecular flexibility index (Phi) is 3.39. The lowest BCUT2D eigenvalue weighted by Gasteiger charge is -2.03. The van der Waals surface area contributed by atoms with E-state index in [2.05, 4.69) is 0 Å². The largest absolute Gasteiger partial charge is 0.502 e. The van der Waals surface area contributed by atoms with Crippen LogP contribution < -0.4 is 0 Å². The van der Waals surface area contributed by atoms with Crippen molar-refractivity contribution in [2.45, 2.75) is 12.8 Å². The topological polar surface area (TPSA) is 101 Å². The zero-order valence-corrected chi connectivity index (χ0v) is 8.01. The molecule has 0 aliphatic heterocycles. The second kappa shape index (κ2) is 4.56. The summed E-state index contributed by atoms with van der Waals surface area (Å²) in [6, 6.07) is 1.46. The lowest BCUT2D eigenvalue weighted by molar-refractivity contribution is -0.386. The first-order valence-corrected chi connectivity index (χ1v) is 4.29. The van der Waals surface area contributed by atoms with Gasteiger partial charge in [0.05, 0.1) is 11.0 Å². The molecule has 0 radical (unpaired) electrons. The standard InChI is InChI=1S/C9H8FNO5/c10-6-3-5(1-2-8(12)13)9(14)7(4-6)11(15)16/h3-4,14H,1-2H2,(H,12,13). The van der Waals surface area contributed by atoms with Gasteiger partial charge >= 0.3 is 11.7 Å². The highest BCUT2D eigenvalue weighted by molar-refractivity contribution is 5.67. The maximum Gasteiger partial charge on any atom is 0.313 e. The molecule has 0 fully saturated rings. The van der Waals surface area contributed by atoms with Crippen molar-refractivity contribution in [3.05, 3.63) is 33.6 Å². The van der Waals surface area contributed by atoms with E-state index in [4.69, 9.17) is 5.11 Å². The predicted molar refractivity (Wildman–Crippen MR) is 50.7 cm³/mol. The Bertz CT molecular complexity index is 446. The van der Waals surface area contributed by atoms with E-state index in [0.717, 1.165) is 6.07 Å². The molecular weight excluding hydrogens is 221 g/mol. The average Bonchev–Trinajstić information content (AvgIpc) is 2.18. The summed E-state index contributed by atoms with van der Waals surface area (Å²) >= 11 is 0. The van der Waals surface area contributed by atoms with Crippen molar-refractivity contribution in [2.75, 3.05) is 0 Å². The van der Waals surface area contributed by atoms with Gasteiger partial charge in [-0.25, -0.2) is 4.39 Å². The Labute approximate surface area is 89.1 Å². The Morgan fingerprint density at radius 3 is 2.62 bits per heavy atom. The van der Waals surface area contributed by atoms with Gasteiger partial charge in [-0.1, -0.05) is 0 Å². The molecular formula is C9H8FNO5. The van der Waals surface area contributed by atoms with Gasteiger partial charge in [0.25, 0.3) is 0 Å². The van der Waals surface area contributed by atoms with Crippen molar-refractivity contribution in [2.24, 2.45) is 0 Å². The normalized spacial score (nSPS) is 10.1. The van der Waals surface area contributed by atoms with E-state index < -0.39 is 28.1 Å². The van der Waals surface area contributed by atoms with Crippen LogP contribution in [0.4, 0.5) is 10.1 Å². The van der Waals surface area contributed by atoms with Crippen LogP contribution in [0.25, 0.3) is 0 Å². The number of nitro groups is 1. The molecule has 0 aliphatic carbocycles. The highest BCUT2D eigenvalue weighted by atomic mass is 19.1. The molecule has 0 aromatic heterocycles. The van der Waals surface area contributed by atoms with Crippen molar-refractivity contribution in [3.63, 3.8) is 0 Å². The van der Waals surface area contributed by atoms with Gasteiger partial charge < -0.3 is 10.2 Å². The highest BCUT2D eigenvalue weighted by Gasteiger charge is 2.19. The van der Waals surface area contributed by atoms with Crippen LogP contribution in [0.15, 0.2) is 12.1 Å². The number of aliphatic carboxylic acids is 1. The van der Waals surface area contributed by atoms with Gasteiger partial charge in [0.15, 0.2) is 5.75 Å². The summed E-state index contributed by atoms with van der Waals surface area (Å²) in [4.78, 5) is 19.8.